The van der Waals surface area contributed by atoms with Gasteiger partial charge >= 0.3 is 0 Å². The van der Waals surface area contributed by atoms with Crippen LogP contribution in [0.1, 0.15) is 65.7 Å². The number of nitrogens with one attached hydrogen (secondary N) is 1. The molecule has 0 unspecified atom stereocenters. The van der Waals surface area contributed by atoms with Gasteiger partial charge in [-0.3, -0.25) is 0 Å². The minimum Gasteiger partial charge on any atom is -0.383 e. The highest BCUT2D eigenvalue weighted by atomic mass is 16.5. The van der Waals surface area contributed by atoms with Gasteiger partial charge in [-0.2, -0.15) is 0 Å². The normalized spacial score (nSPS) is 12.0. The third-order valence-electron chi connectivity index (χ3n) is 3.85. The predicted octanol–water partition coefficient (Wildman–Crippen LogP) is 4.00. The zero-order chi connectivity index (χ0) is 13.0. The molecule has 0 bridgehead atoms. The molecule has 0 atom stereocenters. The van der Waals surface area contributed by atoms with Crippen molar-refractivity contribution in [2.45, 2.75) is 65.7 Å². The molecule has 0 fully saturated rings. The van der Waals surface area contributed by atoms with Crippen LogP contribution in [-0.4, -0.2) is 26.8 Å². The molecule has 0 heterocycles. The summed E-state index contributed by atoms with van der Waals surface area (Å²) in [6, 6.07) is 0. The summed E-state index contributed by atoms with van der Waals surface area (Å²) >= 11 is 0. The number of rotatable bonds is 12. The van der Waals surface area contributed by atoms with E-state index in [9.17, 15) is 0 Å². The van der Waals surface area contributed by atoms with Crippen LogP contribution in [0.25, 0.3) is 0 Å². The van der Waals surface area contributed by atoms with E-state index in [4.69, 9.17) is 4.74 Å². The van der Waals surface area contributed by atoms with Gasteiger partial charge in [-0.1, -0.05) is 46.5 Å². The second-order valence-corrected chi connectivity index (χ2v) is 5.23. The van der Waals surface area contributed by atoms with Crippen molar-refractivity contribution in [1.82, 2.24) is 5.32 Å². The Labute approximate surface area is 109 Å². The summed E-state index contributed by atoms with van der Waals surface area (Å²) in [6.07, 6.45) is 9.40. The van der Waals surface area contributed by atoms with Crippen molar-refractivity contribution in [3.63, 3.8) is 0 Å². The first kappa shape index (κ1) is 16.9. The Balaban J connectivity index is 4.12. The third-order valence-corrected chi connectivity index (χ3v) is 3.85. The van der Waals surface area contributed by atoms with Gasteiger partial charge in [0, 0.05) is 20.2 Å². The number of hydrogen-bond acceptors (Lipinski definition) is 2. The van der Waals surface area contributed by atoms with E-state index in [-0.39, 0.29) is 0 Å². The van der Waals surface area contributed by atoms with Crippen LogP contribution < -0.4 is 5.32 Å². The maximum absolute atomic E-state index is 5.09. The first-order valence-electron chi connectivity index (χ1n) is 7.44. The van der Waals surface area contributed by atoms with Crippen LogP contribution >= 0.6 is 0 Å². The van der Waals surface area contributed by atoms with E-state index in [0.717, 1.165) is 19.7 Å². The van der Waals surface area contributed by atoms with Crippen molar-refractivity contribution < 1.29 is 4.74 Å². The molecule has 0 amide bonds. The van der Waals surface area contributed by atoms with E-state index < -0.39 is 0 Å². The lowest BCUT2D eigenvalue weighted by molar-refractivity contribution is 0.175. The maximum atomic E-state index is 5.09. The second kappa shape index (κ2) is 11.0. The average Bonchev–Trinajstić information content (AvgIpc) is 2.37. The highest BCUT2D eigenvalue weighted by Gasteiger charge is 2.26. The Morgan fingerprint density at radius 1 is 1.00 bits per heavy atom. The molecule has 0 aromatic heterocycles. The molecule has 17 heavy (non-hydrogen) atoms. The van der Waals surface area contributed by atoms with Crippen LogP contribution in [0.4, 0.5) is 0 Å². The average molecular weight is 243 g/mol. The van der Waals surface area contributed by atoms with Crippen LogP contribution in [0, 0.1) is 5.41 Å². The molecule has 0 rings (SSSR count). The Hall–Kier alpha value is -0.0800. The standard InChI is InChI=1S/C15H33NO/c1-5-8-10-15(7-3,11-9-6-2)14-16-12-13-17-4/h16H,5-14H2,1-4H3. The molecule has 0 saturated carbocycles. The Bertz CT molecular complexity index is 151. The highest BCUT2D eigenvalue weighted by molar-refractivity contribution is 4.80. The van der Waals surface area contributed by atoms with Gasteiger partial charge in [0.2, 0.25) is 0 Å². The minimum atomic E-state index is 0.528. The topological polar surface area (TPSA) is 21.3 Å². The van der Waals surface area contributed by atoms with Crippen molar-refractivity contribution in [2.24, 2.45) is 5.41 Å². The molecule has 0 aliphatic rings. The molecule has 104 valence electrons. The summed E-state index contributed by atoms with van der Waals surface area (Å²) < 4.78 is 5.09. The molecule has 2 nitrogen and oxygen atoms in total. The maximum Gasteiger partial charge on any atom is 0.0587 e. The molecule has 0 aromatic carbocycles. The van der Waals surface area contributed by atoms with Crippen molar-refractivity contribution in [2.75, 3.05) is 26.8 Å². The monoisotopic (exact) mass is 243 g/mol. The van der Waals surface area contributed by atoms with Gasteiger partial charge < -0.3 is 10.1 Å². The zero-order valence-electron chi connectivity index (χ0n) is 12.5. The van der Waals surface area contributed by atoms with E-state index in [2.05, 4.69) is 26.1 Å². The highest BCUT2D eigenvalue weighted by Crippen LogP contribution is 2.33. The number of hydrogen-bond donors (Lipinski definition) is 1. The second-order valence-electron chi connectivity index (χ2n) is 5.23. The number of unbranched alkanes of at least 4 members (excludes halogenated alkanes) is 2. The van der Waals surface area contributed by atoms with Crippen LogP contribution in [0.2, 0.25) is 0 Å². The van der Waals surface area contributed by atoms with Gasteiger partial charge in [0.15, 0.2) is 0 Å². The molecule has 0 radical (unpaired) electrons. The van der Waals surface area contributed by atoms with E-state index in [1.165, 1.54) is 44.9 Å². The van der Waals surface area contributed by atoms with Gasteiger partial charge in [0.05, 0.1) is 6.61 Å². The Morgan fingerprint density at radius 3 is 2.00 bits per heavy atom. The largest absolute Gasteiger partial charge is 0.383 e. The zero-order valence-corrected chi connectivity index (χ0v) is 12.5. The first-order chi connectivity index (χ1) is 8.24. The predicted molar refractivity (Wildman–Crippen MR) is 76.5 cm³/mol. The van der Waals surface area contributed by atoms with Gasteiger partial charge in [-0.15, -0.1) is 0 Å². The molecule has 0 aliphatic carbocycles. The Morgan fingerprint density at radius 2 is 1.59 bits per heavy atom. The fourth-order valence-electron chi connectivity index (χ4n) is 2.41. The molecular weight excluding hydrogens is 210 g/mol. The quantitative estimate of drug-likeness (QED) is 0.523. The molecule has 2 heteroatoms. The molecule has 0 saturated heterocycles. The number of ether oxygens (including phenoxy) is 1. The van der Waals surface area contributed by atoms with Gasteiger partial charge in [-0.05, 0) is 24.7 Å². The fourth-order valence-corrected chi connectivity index (χ4v) is 2.41. The molecule has 0 aliphatic heterocycles. The summed E-state index contributed by atoms with van der Waals surface area (Å²) in [5.41, 5.74) is 0.528. The van der Waals surface area contributed by atoms with Gasteiger partial charge in [-0.25, -0.2) is 0 Å². The van der Waals surface area contributed by atoms with E-state index in [1.54, 1.807) is 7.11 Å². The van der Waals surface area contributed by atoms with Crippen molar-refractivity contribution in [3.8, 4) is 0 Å². The summed E-state index contributed by atoms with van der Waals surface area (Å²) in [4.78, 5) is 0. The van der Waals surface area contributed by atoms with Gasteiger partial charge in [0.25, 0.3) is 0 Å². The van der Waals surface area contributed by atoms with Crippen molar-refractivity contribution in [1.29, 1.82) is 0 Å². The number of methoxy groups -OCH3 is 1. The SMILES string of the molecule is CCCCC(CC)(CCCC)CNCCOC. The summed E-state index contributed by atoms with van der Waals surface area (Å²) in [6.45, 7) is 9.89. The van der Waals surface area contributed by atoms with E-state index in [1.807, 2.05) is 0 Å². The molecule has 1 N–H and O–H groups in total. The summed E-state index contributed by atoms with van der Waals surface area (Å²) in [7, 11) is 1.77. The Kier molecular flexibility index (Phi) is 11.0. The minimum absolute atomic E-state index is 0.528. The van der Waals surface area contributed by atoms with Crippen LogP contribution in [0.5, 0.6) is 0 Å². The third kappa shape index (κ3) is 7.77. The van der Waals surface area contributed by atoms with E-state index >= 15 is 0 Å². The van der Waals surface area contributed by atoms with Crippen LogP contribution in [0.15, 0.2) is 0 Å². The fraction of sp³-hybridized carbons (Fsp3) is 1.00. The van der Waals surface area contributed by atoms with Crippen molar-refractivity contribution in [3.05, 3.63) is 0 Å². The summed E-state index contributed by atoms with van der Waals surface area (Å²) in [5.74, 6) is 0. The van der Waals surface area contributed by atoms with E-state index in [0.29, 0.717) is 5.41 Å². The molecule has 0 aromatic rings. The van der Waals surface area contributed by atoms with Crippen LogP contribution in [-0.2, 0) is 4.74 Å². The van der Waals surface area contributed by atoms with Crippen LogP contribution in [0.3, 0.4) is 0 Å². The smallest absolute Gasteiger partial charge is 0.0587 e. The first-order valence-corrected chi connectivity index (χ1v) is 7.44. The molecule has 0 spiro atoms. The molecular formula is C15H33NO. The van der Waals surface area contributed by atoms with Gasteiger partial charge in [0.1, 0.15) is 0 Å². The van der Waals surface area contributed by atoms with Crippen molar-refractivity contribution >= 4 is 0 Å². The summed E-state index contributed by atoms with van der Waals surface area (Å²) in [5, 5.41) is 3.57. The lowest BCUT2D eigenvalue weighted by Crippen LogP contribution is -2.35. The lowest BCUT2D eigenvalue weighted by atomic mass is 9.76. The lowest BCUT2D eigenvalue weighted by Gasteiger charge is -2.33.